The SMILES string of the molecule is CCOC(=O)c1ccc(NC(O)NCCc2ccc3c(n2)NCCC3)cc1. The number of carbonyl (C=O) groups is 1. The molecule has 1 aromatic carbocycles. The van der Waals surface area contributed by atoms with Crippen molar-refractivity contribution in [2.24, 2.45) is 0 Å². The van der Waals surface area contributed by atoms with Gasteiger partial charge >= 0.3 is 5.97 Å². The minimum absolute atomic E-state index is 0.344. The van der Waals surface area contributed by atoms with E-state index in [-0.39, 0.29) is 5.97 Å². The molecule has 0 amide bonds. The van der Waals surface area contributed by atoms with Crippen molar-refractivity contribution < 1.29 is 14.6 Å². The van der Waals surface area contributed by atoms with Crippen LogP contribution in [0, 0.1) is 0 Å². The zero-order valence-corrected chi connectivity index (χ0v) is 15.5. The first kappa shape index (κ1) is 19.1. The maximum Gasteiger partial charge on any atom is 0.338 e. The molecule has 3 rings (SSSR count). The summed E-state index contributed by atoms with van der Waals surface area (Å²) in [6.07, 6.45) is 2.05. The molecular formula is C20H26N4O3. The number of anilines is 2. The van der Waals surface area contributed by atoms with Gasteiger partial charge in [-0.3, -0.25) is 5.32 Å². The summed E-state index contributed by atoms with van der Waals surface area (Å²) in [4.78, 5) is 16.3. The smallest absolute Gasteiger partial charge is 0.338 e. The molecule has 0 radical (unpaired) electrons. The third-order valence-corrected chi connectivity index (χ3v) is 4.37. The van der Waals surface area contributed by atoms with Crippen molar-refractivity contribution in [1.29, 1.82) is 0 Å². The van der Waals surface area contributed by atoms with Crippen molar-refractivity contribution >= 4 is 17.5 Å². The molecule has 1 aliphatic rings. The van der Waals surface area contributed by atoms with Crippen LogP contribution in [-0.4, -0.2) is 42.1 Å². The number of aliphatic hydroxyl groups is 1. The molecule has 4 N–H and O–H groups in total. The number of carbonyl (C=O) groups excluding carboxylic acids is 1. The number of hydrogen-bond donors (Lipinski definition) is 4. The maximum absolute atomic E-state index is 11.6. The molecule has 2 heterocycles. The van der Waals surface area contributed by atoms with Crippen LogP contribution in [0.4, 0.5) is 11.5 Å². The molecule has 2 aromatic rings. The fourth-order valence-corrected chi connectivity index (χ4v) is 2.97. The monoisotopic (exact) mass is 370 g/mol. The number of benzene rings is 1. The molecule has 1 atom stereocenters. The molecule has 7 nitrogen and oxygen atoms in total. The van der Waals surface area contributed by atoms with Gasteiger partial charge in [0.05, 0.1) is 12.2 Å². The van der Waals surface area contributed by atoms with E-state index in [2.05, 4.69) is 27.0 Å². The number of esters is 1. The molecular weight excluding hydrogens is 344 g/mol. The number of aryl methyl sites for hydroxylation is 1. The van der Waals surface area contributed by atoms with Crippen molar-refractivity contribution in [1.82, 2.24) is 10.3 Å². The van der Waals surface area contributed by atoms with Gasteiger partial charge < -0.3 is 20.5 Å². The molecule has 0 saturated carbocycles. The van der Waals surface area contributed by atoms with Crippen LogP contribution in [0.2, 0.25) is 0 Å². The zero-order chi connectivity index (χ0) is 19.1. The first-order valence-corrected chi connectivity index (χ1v) is 9.33. The van der Waals surface area contributed by atoms with Crippen molar-refractivity contribution in [3.8, 4) is 0 Å². The molecule has 0 spiro atoms. The van der Waals surface area contributed by atoms with Gasteiger partial charge in [0, 0.05) is 30.9 Å². The summed E-state index contributed by atoms with van der Waals surface area (Å²) in [6, 6.07) is 11.0. The average Bonchev–Trinajstić information content (AvgIpc) is 2.68. The van der Waals surface area contributed by atoms with Crippen LogP contribution in [0.3, 0.4) is 0 Å². The summed E-state index contributed by atoms with van der Waals surface area (Å²) in [7, 11) is 0. The Morgan fingerprint density at radius 3 is 2.89 bits per heavy atom. The third-order valence-electron chi connectivity index (χ3n) is 4.37. The van der Waals surface area contributed by atoms with E-state index in [0.717, 1.165) is 37.3 Å². The van der Waals surface area contributed by atoms with Gasteiger partial charge in [-0.05, 0) is 55.7 Å². The predicted molar refractivity (Wildman–Crippen MR) is 105 cm³/mol. The van der Waals surface area contributed by atoms with E-state index in [0.29, 0.717) is 24.4 Å². The number of ether oxygens (including phenoxy) is 1. The Labute approximate surface area is 159 Å². The lowest BCUT2D eigenvalue weighted by molar-refractivity contribution is 0.0526. The molecule has 1 aliphatic heterocycles. The highest BCUT2D eigenvalue weighted by Gasteiger charge is 2.11. The molecule has 0 fully saturated rings. The second-order valence-electron chi connectivity index (χ2n) is 6.39. The molecule has 0 aliphatic carbocycles. The molecule has 27 heavy (non-hydrogen) atoms. The van der Waals surface area contributed by atoms with Crippen LogP contribution in [-0.2, 0) is 17.6 Å². The van der Waals surface area contributed by atoms with Crippen LogP contribution in [0.1, 0.15) is 35.0 Å². The van der Waals surface area contributed by atoms with Crippen molar-refractivity contribution in [2.45, 2.75) is 32.5 Å². The van der Waals surface area contributed by atoms with Gasteiger partial charge in [0.2, 0.25) is 0 Å². The largest absolute Gasteiger partial charge is 0.462 e. The molecule has 0 saturated heterocycles. The van der Waals surface area contributed by atoms with Gasteiger partial charge in [-0.2, -0.15) is 0 Å². The Bertz CT molecular complexity index is 764. The molecule has 1 aromatic heterocycles. The lowest BCUT2D eigenvalue weighted by Gasteiger charge is -2.18. The second-order valence-corrected chi connectivity index (χ2v) is 6.39. The summed E-state index contributed by atoms with van der Waals surface area (Å²) in [5, 5.41) is 19.4. The summed E-state index contributed by atoms with van der Waals surface area (Å²) >= 11 is 0. The molecule has 144 valence electrons. The number of rotatable bonds is 8. The number of hydrogen-bond acceptors (Lipinski definition) is 7. The first-order valence-electron chi connectivity index (χ1n) is 9.33. The molecule has 7 heteroatoms. The minimum Gasteiger partial charge on any atom is -0.462 e. The summed E-state index contributed by atoms with van der Waals surface area (Å²) in [5.41, 5.74) is 3.45. The first-order chi connectivity index (χ1) is 13.2. The Kier molecular flexibility index (Phi) is 6.62. The predicted octanol–water partition coefficient (Wildman–Crippen LogP) is 2.14. The van der Waals surface area contributed by atoms with E-state index in [4.69, 9.17) is 4.74 Å². The van der Waals surface area contributed by atoms with Gasteiger partial charge in [0.25, 0.3) is 0 Å². The second kappa shape index (κ2) is 9.34. The van der Waals surface area contributed by atoms with Gasteiger partial charge in [-0.25, -0.2) is 9.78 Å². The van der Waals surface area contributed by atoms with Crippen molar-refractivity contribution in [3.63, 3.8) is 0 Å². The third kappa shape index (κ3) is 5.42. The van der Waals surface area contributed by atoms with Gasteiger partial charge in [-0.15, -0.1) is 0 Å². The number of aliphatic hydroxyl groups excluding tert-OH is 1. The topological polar surface area (TPSA) is 95.5 Å². The average molecular weight is 370 g/mol. The van der Waals surface area contributed by atoms with Crippen LogP contribution in [0.25, 0.3) is 0 Å². The quantitative estimate of drug-likeness (QED) is 0.418. The highest BCUT2D eigenvalue weighted by atomic mass is 16.5. The van der Waals surface area contributed by atoms with Crippen LogP contribution in [0.15, 0.2) is 36.4 Å². The van der Waals surface area contributed by atoms with E-state index in [1.807, 2.05) is 6.07 Å². The maximum atomic E-state index is 11.6. The van der Waals surface area contributed by atoms with Crippen molar-refractivity contribution in [3.05, 3.63) is 53.2 Å². The Morgan fingerprint density at radius 1 is 1.30 bits per heavy atom. The Morgan fingerprint density at radius 2 is 2.11 bits per heavy atom. The molecule has 1 unspecified atom stereocenters. The van der Waals surface area contributed by atoms with Crippen molar-refractivity contribution in [2.75, 3.05) is 30.3 Å². The molecule has 0 bridgehead atoms. The minimum atomic E-state index is -0.894. The van der Waals surface area contributed by atoms with Gasteiger partial charge in [-0.1, -0.05) is 6.07 Å². The lowest BCUT2D eigenvalue weighted by Crippen LogP contribution is -2.37. The van der Waals surface area contributed by atoms with E-state index in [1.165, 1.54) is 5.56 Å². The van der Waals surface area contributed by atoms with Crippen LogP contribution < -0.4 is 16.0 Å². The zero-order valence-electron chi connectivity index (χ0n) is 15.5. The van der Waals surface area contributed by atoms with E-state index < -0.39 is 6.35 Å². The number of pyridine rings is 1. The number of nitrogens with one attached hydrogen (secondary N) is 3. The fraction of sp³-hybridized carbons (Fsp3) is 0.400. The van der Waals surface area contributed by atoms with E-state index in [1.54, 1.807) is 31.2 Å². The van der Waals surface area contributed by atoms with Gasteiger partial charge in [0.15, 0.2) is 6.35 Å². The lowest BCUT2D eigenvalue weighted by atomic mass is 10.1. The summed E-state index contributed by atoms with van der Waals surface area (Å²) < 4.78 is 4.95. The highest BCUT2D eigenvalue weighted by Crippen LogP contribution is 2.19. The van der Waals surface area contributed by atoms with Gasteiger partial charge in [0.1, 0.15) is 5.82 Å². The highest BCUT2D eigenvalue weighted by molar-refractivity contribution is 5.89. The van der Waals surface area contributed by atoms with E-state index >= 15 is 0 Å². The summed E-state index contributed by atoms with van der Waals surface area (Å²) in [5.74, 6) is 0.633. The Hall–Kier alpha value is -2.64. The summed E-state index contributed by atoms with van der Waals surface area (Å²) in [6.45, 7) is 3.67. The van der Waals surface area contributed by atoms with Crippen LogP contribution >= 0.6 is 0 Å². The Balaban J connectivity index is 1.44. The number of nitrogens with zero attached hydrogens (tertiary/aromatic N) is 1. The van der Waals surface area contributed by atoms with E-state index in [9.17, 15) is 9.90 Å². The normalized spacial score (nSPS) is 14.0. The standard InChI is InChI=1S/C20H26N4O3/c1-2-27-19(25)15-6-9-16(10-7-15)24-20(26)22-13-11-17-8-5-14-4-3-12-21-18(14)23-17/h5-10,20,22,24,26H,2-4,11-13H2,1H3,(H,21,23). The number of fused-ring (bicyclic) bond motifs is 1. The number of aromatic nitrogens is 1. The van der Waals surface area contributed by atoms with Crippen LogP contribution in [0.5, 0.6) is 0 Å². The fourth-order valence-electron chi connectivity index (χ4n) is 2.97.